The van der Waals surface area contributed by atoms with Crippen LogP contribution in [0.5, 0.6) is 5.75 Å². The topological polar surface area (TPSA) is 36.4 Å². The van der Waals surface area contributed by atoms with Gasteiger partial charge in [-0.15, -0.1) is 5.10 Å². The number of methoxy groups -OCH3 is 1. The van der Waals surface area contributed by atoms with Gasteiger partial charge in [0.05, 0.1) is 18.7 Å². The summed E-state index contributed by atoms with van der Waals surface area (Å²) >= 11 is 5.81. The Bertz CT molecular complexity index is 1100. The Morgan fingerprint density at radius 1 is 1.10 bits per heavy atom. The maximum Gasteiger partial charge on any atom is 0.203 e. The number of quaternary nitrogens is 1. The Hall–Kier alpha value is -2.51. The number of rotatable bonds is 8. The van der Waals surface area contributed by atoms with Crippen LogP contribution in [0.3, 0.4) is 0 Å². The van der Waals surface area contributed by atoms with Gasteiger partial charge in [0.1, 0.15) is 18.1 Å². The summed E-state index contributed by atoms with van der Waals surface area (Å²) in [6, 6.07) is 16.0. The average Bonchev–Trinajstić information content (AvgIpc) is 3.68. The molecule has 0 spiro atoms. The standard InChI is InChI=1S/C23H25FN4OS/c1-29-19-12-6-16(7-13-19)14-26(17-8-9-17)15-27-23(30)28(18-10-11-18)22(25-27)20-4-2-3-5-21(20)24/h2-7,12-13,17-18H,8-11,14-15H2,1H3/p+1. The van der Waals surface area contributed by atoms with Crippen molar-refractivity contribution >= 4 is 12.2 Å². The molecule has 7 heteroatoms. The fourth-order valence-corrected chi connectivity index (χ4v) is 4.37. The molecular formula is C23H26FN4OS+. The number of nitrogens with one attached hydrogen (secondary N) is 1. The molecule has 2 aromatic carbocycles. The second kappa shape index (κ2) is 7.96. The number of hydrogen-bond donors (Lipinski definition) is 1. The van der Waals surface area contributed by atoms with Crippen LogP contribution in [0.4, 0.5) is 4.39 Å². The van der Waals surface area contributed by atoms with Gasteiger partial charge in [-0.3, -0.25) is 4.57 Å². The molecule has 0 amide bonds. The van der Waals surface area contributed by atoms with Crippen molar-refractivity contribution in [2.45, 2.75) is 51.0 Å². The van der Waals surface area contributed by atoms with E-state index in [-0.39, 0.29) is 5.82 Å². The minimum Gasteiger partial charge on any atom is -0.497 e. The number of hydrogen-bond acceptors (Lipinski definition) is 3. The molecule has 2 aliphatic carbocycles. The predicted octanol–water partition coefficient (Wildman–Crippen LogP) is 3.77. The molecule has 1 aromatic heterocycles. The van der Waals surface area contributed by atoms with Gasteiger partial charge in [0.25, 0.3) is 0 Å². The highest BCUT2D eigenvalue weighted by Gasteiger charge is 2.35. The van der Waals surface area contributed by atoms with Gasteiger partial charge in [0.2, 0.25) is 4.77 Å². The van der Waals surface area contributed by atoms with Gasteiger partial charge >= 0.3 is 0 Å². The molecule has 1 atom stereocenters. The average molecular weight is 426 g/mol. The minimum absolute atomic E-state index is 0.254. The van der Waals surface area contributed by atoms with Gasteiger partial charge in [-0.2, -0.15) is 4.68 Å². The predicted molar refractivity (Wildman–Crippen MR) is 115 cm³/mol. The molecule has 2 saturated carbocycles. The van der Waals surface area contributed by atoms with Gasteiger partial charge in [-0.1, -0.05) is 12.1 Å². The van der Waals surface area contributed by atoms with Crippen molar-refractivity contribution in [2.24, 2.45) is 0 Å². The van der Waals surface area contributed by atoms with Crippen molar-refractivity contribution in [1.29, 1.82) is 0 Å². The van der Waals surface area contributed by atoms with Crippen LogP contribution in [0.1, 0.15) is 37.3 Å². The lowest BCUT2D eigenvalue weighted by molar-refractivity contribution is -0.947. The van der Waals surface area contributed by atoms with Crippen LogP contribution >= 0.6 is 12.2 Å². The molecule has 3 aromatic rings. The summed E-state index contributed by atoms with van der Waals surface area (Å²) in [5, 5.41) is 4.82. The summed E-state index contributed by atoms with van der Waals surface area (Å²) in [6.45, 7) is 1.60. The largest absolute Gasteiger partial charge is 0.497 e. The normalized spacial score (nSPS) is 17.1. The van der Waals surface area contributed by atoms with Gasteiger partial charge < -0.3 is 9.64 Å². The van der Waals surface area contributed by atoms with E-state index in [1.165, 1.54) is 29.4 Å². The summed E-state index contributed by atoms with van der Waals surface area (Å²) < 4.78 is 24.5. The minimum atomic E-state index is -0.254. The fourth-order valence-electron chi connectivity index (χ4n) is 4.03. The summed E-state index contributed by atoms with van der Waals surface area (Å²) in [4.78, 5) is 1.44. The van der Waals surface area contributed by atoms with E-state index in [1.54, 1.807) is 19.2 Å². The maximum atomic E-state index is 14.5. The highest BCUT2D eigenvalue weighted by molar-refractivity contribution is 7.71. The first kappa shape index (κ1) is 19.5. The number of aromatic nitrogens is 3. The summed E-state index contributed by atoms with van der Waals surface area (Å²) in [5.41, 5.74) is 1.79. The zero-order valence-electron chi connectivity index (χ0n) is 17.1. The monoisotopic (exact) mass is 425 g/mol. The lowest BCUT2D eigenvalue weighted by Gasteiger charge is -2.19. The molecule has 0 bridgehead atoms. The van der Waals surface area contributed by atoms with Crippen LogP contribution in [0.25, 0.3) is 11.4 Å². The third-order valence-electron chi connectivity index (χ3n) is 6.00. The molecule has 1 N–H and O–H groups in total. The Balaban J connectivity index is 1.45. The molecule has 2 fully saturated rings. The van der Waals surface area contributed by atoms with Crippen molar-refractivity contribution in [3.05, 3.63) is 64.7 Å². The molecule has 5 nitrogen and oxygen atoms in total. The second-order valence-electron chi connectivity index (χ2n) is 8.30. The smallest absolute Gasteiger partial charge is 0.203 e. The number of ether oxygens (including phenoxy) is 1. The van der Waals surface area contributed by atoms with E-state index in [1.807, 2.05) is 22.9 Å². The molecule has 0 aliphatic heterocycles. The second-order valence-corrected chi connectivity index (χ2v) is 8.67. The van der Waals surface area contributed by atoms with Gasteiger partial charge in [-0.05, 0) is 61.5 Å². The summed E-state index contributed by atoms with van der Waals surface area (Å²) in [5.74, 6) is 1.27. The molecule has 156 valence electrons. The molecule has 2 aliphatic rings. The molecule has 5 rings (SSSR count). The third-order valence-corrected chi connectivity index (χ3v) is 6.40. The maximum absolute atomic E-state index is 14.5. The lowest BCUT2D eigenvalue weighted by atomic mass is 10.2. The van der Waals surface area contributed by atoms with Gasteiger partial charge in [-0.25, -0.2) is 4.39 Å². The van der Waals surface area contributed by atoms with Crippen molar-refractivity contribution < 1.29 is 14.0 Å². The Morgan fingerprint density at radius 3 is 2.47 bits per heavy atom. The lowest BCUT2D eigenvalue weighted by Crippen LogP contribution is -3.11. The quantitative estimate of drug-likeness (QED) is 0.558. The number of benzene rings is 2. The summed E-state index contributed by atoms with van der Waals surface area (Å²) in [6.07, 6.45) is 4.60. The highest BCUT2D eigenvalue weighted by Crippen LogP contribution is 2.38. The van der Waals surface area contributed by atoms with Crippen molar-refractivity contribution in [3.8, 4) is 17.1 Å². The highest BCUT2D eigenvalue weighted by atomic mass is 32.1. The molecule has 0 saturated heterocycles. The SMILES string of the molecule is COc1ccc(C[NH+](Cn2nc(-c3ccccc3F)n(C3CC3)c2=S)C2CC2)cc1. The van der Waals surface area contributed by atoms with E-state index >= 15 is 0 Å². The molecule has 30 heavy (non-hydrogen) atoms. The van der Waals surface area contributed by atoms with Crippen LogP contribution in [0, 0.1) is 10.6 Å². The van der Waals surface area contributed by atoms with E-state index in [2.05, 4.69) is 16.7 Å². The Labute approximate surface area is 180 Å². The number of halogens is 1. The third kappa shape index (κ3) is 3.91. The van der Waals surface area contributed by atoms with Crippen molar-refractivity contribution in [3.63, 3.8) is 0 Å². The first-order valence-electron chi connectivity index (χ1n) is 10.6. The Morgan fingerprint density at radius 2 is 1.83 bits per heavy atom. The summed E-state index contributed by atoms with van der Waals surface area (Å²) in [7, 11) is 1.68. The van der Waals surface area contributed by atoms with Crippen LogP contribution in [0.15, 0.2) is 48.5 Å². The Kier molecular flexibility index (Phi) is 5.16. The van der Waals surface area contributed by atoms with E-state index in [0.29, 0.717) is 34.9 Å². The van der Waals surface area contributed by atoms with Crippen molar-refractivity contribution in [1.82, 2.24) is 14.3 Å². The van der Waals surface area contributed by atoms with Crippen LogP contribution < -0.4 is 9.64 Å². The number of nitrogens with zero attached hydrogens (tertiary/aromatic N) is 3. The molecule has 0 radical (unpaired) electrons. The molecule has 1 unspecified atom stereocenters. The first-order chi connectivity index (χ1) is 14.6. The van der Waals surface area contributed by atoms with E-state index in [4.69, 9.17) is 22.1 Å². The van der Waals surface area contributed by atoms with Crippen molar-refractivity contribution in [2.75, 3.05) is 7.11 Å². The molecule has 1 heterocycles. The first-order valence-corrected chi connectivity index (χ1v) is 11.0. The van der Waals surface area contributed by atoms with Gasteiger partial charge in [0, 0.05) is 24.4 Å². The molecular weight excluding hydrogens is 399 g/mol. The van der Waals surface area contributed by atoms with E-state index in [9.17, 15) is 4.39 Å². The zero-order valence-corrected chi connectivity index (χ0v) is 17.9. The van der Waals surface area contributed by atoms with Crippen LogP contribution in [0.2, 0.25) is 0 Å². The van der Waals surface area contributed by atoms with E-state index < -0.39 is 0 Å². The van der Waals surface area contributed by atoms with Gasteiger partial charge in [0.15, 0.2) is 12.5 Å². The van der Waals surface area contributed by atoms with Crippen LogP contribution in [-0.2, 0) is 13.2 Å². The van der Waals surface area contributed by atoms with E-state index in [0.717, 1.165) is 25.1 Å². The zero-order chi connectivity index (χ0) is 20.7. The van der Waals surface area contributed by atoms with Crippen LogP contribution in [-0.4, -0.2) is 27.5 Å². The fraction of sp³-hybridized carbons (Fsp3) is 0.391.